The average molecular weight is 218 g/mol. The van der Waals surface area contributed by atoms with Crippen molar-refractivity contribution >= 4 is 15.8 Å². The Hall–Kier alpha value is -0.840. The highest BCUT2D eigenvalue weighted by atomic mass is 32.2. The van der Waals surface area contributed by atoms with Gasteiger partial charge in [0.2, 0.25) is 0 Å². The SMILES string of the molecule is C=C(CC1CCS(=O)(=O)CC1)C(=O)O. The zero-order valence-electron chi connectivity index (χ0n) is 7.90. The fourth-order valence-electron chi connectivity index (χ4n) is 1.58. The lowest BCUT2D eigenvalue weighted by molar-refractivity contribution is -0.132. The van der Waals surface area contributed by atoms with Gasteiger partial charge < -0.3 is 5.11 Å². The smallest absolute Gasteiger partial charge is 0.330 e. The molecule has 0 spiro atoms. The fourth-order valence-corrected chi connectivity index (χ4v) is 3.17. The predicted octanol–water partition coefficient (Wildman–Crippen LogP) is 0.842. The van der Waals surface area contributed by atoms with Crippen molar-refractivity contribution in [1.82, 2.24) is 0 Å². The van der Waals surface area contributed by atoms with Gasteiger partial charge in [-0.05, 0) is 25.2 Å². The monoisotopic (exact) mass is 218 g/mol. The maximum absolute atomic E-state index is 11.1. The van der Waals surface area contributed by atoms with Crippen molar-refractivity contribution in [1.29, 1.82) is 0 Å². The third kappa shape index (κ3) is 3.14. The van der Waals surface area contributed by atoms with Gasteiger partial charge in [0.05, 0.1) is 11.5 Å². The number of carboxylic acid groups (broad SMARTS) is 1. The van der Waals surface area contributed by atoms with E-state index in [9.17, 15) is 13.2 Å². The number of carbonyl (C=O) groups is 1. The molecule has 1 heterocycles. The van der Waals surface area contributed by atoms with E-state index in [1.807, 2.05) is 0 Å². The lowest BCUT2D eigenvalue weighted by Crippen LogP contribution is -2.24. The summed E-state index contributed by atoms with van der Waals surface area (Å²) in [4.78, 5) is 10.5. The molecule has 1 rings (SSSR count). The molecule has 1 saturated heterocycles. The molecule has 0 aromatic heterocycles. The van der Waals surface area contributed by atoms with Crippen molar-refractivity contribution in [2.75, 3.05) is 11.5 Å². The minimum Gasteiger partial charge on any atom is -0.478 e. The highest BCUT2D eigenvalue weighted by Crippen LogP contribution is 2.24. The summed E-state index contributed by atoms with van der Waals surface area (Å²) < 4.78 is 22.2. The van der Waals surface area contributed by atoms with Crippen LogP contribution >= 0.6 is 0 Å². The van der Waals surface area contributed by atoms with Gasteiger partial charge >= 0.3 is 5.97 Å². The first-order valence-electron chi connectivity index (χ1n) is 4.52. The maximum atomic E-state index is 11.1. The first-order chi connectivity index (χ1) is 6.41. The molecule has 0 saturated carbocycles. The molecule has 4 nitrogen and oxygen atoms in total. The van der Waals surface area contributed by atoms with Crippen molar-refractivity contribution in [3.63, 3.8) is 0 Å². The second-order valence-corrected chi connectivity index (χ2v) is 6.01. The summed E-state index contributed by atoms with van der Waals surface area (Å²) in [6.07, 6.45) is 1.54. The number of hydrogen-bond acceptors (Lipinski definition) is 3. The van der Waals surface area contributed by atoms with E-state index >= 15 is 0 Å². The predicted molar refractivity (Wildman–Crippen MR) is 52.8 cm³/mol. The van der Waals surface area contributed by atoms with Crippen molar-refractivity contribution in [2.24, 2.45) is 5.92 Å². The average Bonchev–Trinajstić information content (AvgIpc) is 2.08. The second-order valence-electron chi connectivity index (χ2n) is 3.71. The van der Waals surface area contributed by atoms with Crippen molar-refractivity contribution in [3.05, 3.63) is 12.2 Å². The summed E-state index contributed by atoms with van der Waals surface area (Å²) >= 11 is 0. The van der Waals surface area contributed by atoms with Crippen LogP contribution in [0.4, 0.5) is 0 Å². The lowest BCUT2D eigenvalue weighted by atomic mass is 9.95. The van der Waals surface area contributed by atoms with Gasteiger partial charge in [-0.3, -0.25) is 0 Å². The van der Waals surface area contributed by atoms with Gasteiger partial charge in [-0.2, -0.15) is 0 Å². The Labute approximate surface area is 83.5 Å². The van der Waals surface area contributed by atoms with Crippen LogP contribution in [-0.2, 0) is 14.6 Å². The molecular weight excluding hydrogens is 204 g/mol. The van der Waals surface area contributed by atoms with Crippen LogP contribution in [0.2, 0.25) is 0 Å². The van der Waals surface area contributed by atoms with E-state index in [1.54, 1.807) is 0 Å². The number of sulfone groups is 1. The Morgan fingerprint density at radius 1 is 1.36 bits per heavy atom. The molecule has 5 heteroatoms. The summed E-state index contributed by atoms with van der Waals surface area (Å²) in [6, 6.07) is 0. The van der Waals surface area contributed by atoms with Gasteiger partial charge in [-0.15, -0.1) is 0 Å². The molecule has 0 amide bonds. The molecule has 0 unspecified atom stereocenters. The third-order valence-electron chi connectivity index (χ3n) is 2.51. The molecule has 0 radical (unpaired) electrons. The Kier molecular flexibility index (Phi) is 3.31. The summed E-state index contributed by atoms with van der Waals surface area (Å²) in [5.41, 5.74) is 0.175. The van der Waals surface area contributed by atoms with Crippen molar-refractivity contribution in [2.45, 2.75) is 19.3 Å². The molecule has 0 atom stereocenters. The van der Waals surface area contributed by atoms with Gasteiger partial charge in [0.1, 0.15) is 9.84 Å². The zero-order chi connectivity index (χ0) is 10.8. The molecule has 14 heavy (non-hydrogen) atoms. The number of rotatable bonds is 3. The number of carboxylic acids is 1. The van der Waals surface area contributed by atoms with Crippen LogP contribution in [0.15, 0.2) is 12.2 Å². The minimum absolute atomic E-state index is 0.169. The number of aliphatic carboxylic acids is 1. The maximum Gasteiger partial charge on any atom is 0.330 e. The molecule has 0 aromatic carbocycles. The van der Waals surface area contributed by atoms with Gasteiger partial charge in [0.15, 0.2) is 0 Å². The van der Waals surface area contributed by atoms with Crippen LogP contribution in [0.3, 0.4) is 0 Å². The standard InChI is InChI=1S/C9H14O4S/c1-7(9(10)11)6-8-2-4-14(12,13)5-3-8/h8H,1-6H2,(H,10,11). The molecule has 80 valence electrons. The van der Waals surface area contributed by atoms with E-state index in [0.717, 1.165) is 0 Å². The molecule has 1 N–H and O–H groups in total. The summed E-state index contributed by atoms with van der Waals surface area (Å²) in [6.45, 7) is 3.44. The van der Waals surface area contributed by atoms with Gasteiger partial charge in [0.25, 0.3) is 0 Å². The first-order valence-corrected chi connectivity index (χ1v) is 6.34. The Morgan fingerprint density at radius 3 is 2.29 bits per heavy atom. The molecule has 1 aliphatic heterocycles. The third-order valence-corrected chi connectivity index (χ3v) is 4.23. The Balaban J connectivity index is 2.44. The van der Waals surface area contributed by atoms with Gasteiger partial charge in [-0.1, -0.05) is 6.58 Å². The lowest BCUT2D eigenvalue weighted by Gasteiger charge is -2.21. The van der Waals surface area contributed by atoms with E-state index in [4.69, 9.17) is 5.11 Å². The van der Waals surface area contributed by atoms with Crippen LogP contribution in [-0.4, -0.2) is 31.0 Å². The summed E-state index contributed by atoms with van der Waals surface area (Å²) in [5, 5.41) is 8.60. The van der Waals surface area contributed by atoms with Crippen LogP contribution < -0.4 is 0 Å². The van der Waals surface area contributed by atoms with Crippen molar-refractivity contribution < 1.29 is 18.3 Å². The van der Waals surface area contributed by atoms with Gasteiger partial charge in [0, 0.05) is 5.57 Å². The molecule has 1 fully saturated rings. The van der Waals surface area contributed by atoms with Crippen LogP contribution in [0.5, 0.6) is 0 Å². The van der Waals surface area contributed by atoms with E-state index in [1.165, 1.54) is 0 Å². The van der Waals surface area contributed by atoms with E-state index in [2.05, 4.69) is 6.58 Å². The minimum atomic E-state index is -2.85. The largest absolute Gasteiger partial charge is 0.478 e. The van der Waals surface area contributed by atoms with Crippen LogP contribution in [0, 0.1) is 5.92 Å². The Bertz CT molecular complexity index is 328. The van der Waals surface area contributed by atoms with Gasteiger partial charge in [-0.25, -0.2) is 13.2 Å². The van der Waals surface area contributed by atoms with E-state index < -0.39 is 15.8 Å². The molecule has 1 aliphatic rings. The Morgan fingerprint density at radius 2 is 1.86 bits per heavy atom. The summed E-state index contributed by atoms with van der Waals surface area (Å²) in [5.74, 6) is -0.449. The quantitative estimate of drug-likeness (QED) is 0.712. The summed E-state index contributed by atoms with van der Waals surface area (Å²) in [7, 11) is -2.85. The molecular formula is C9H14O4S. The van der Waals surface area contributed by atoms with Crippen LogP contribution in [0.1, 0.15) is 19.3 Å². The highest BCUT2D eigenvalue weighted by Gasteiger charge is 2.24. The topological polar surface area (TPSA) is 71.4 Å². The molecule has 0 bridgehead atoms. The van der Waals surface area contributed by atoms with E-state index in [0.29, 0.717) is 19.3 Å². The zero-order valence-corrected chi connectivity index (χ0v) is 8.72. The van der Waals surface area contributed by atoms with E-state index in [-0.39, 0.29) is 23.0 Å². The van der Waals surface area contributed by atoms with Crippen LogP contribution in [0.25, 0.3) is 0 Å². The molecule has 0 aromatic rings. The first kappa shape index (κ1) is 11.2. The fraction of sp³-hybridized carbons (Fsp3) is 0.667. The normalized spacial score (nSPS) is 21.7. The highest BCUT2D eigenvalue weighted by molar-refractivity contribution is 7.91. The number of hydrogen-bond donors (Lipinski definition) is 1. The van der Waals surface area contributed by atoms with Crippen molar-refractivity contribution in [3.8, 4) is 0 Å². The second kappa shape index (κ2) is 4.13. The molecule has 0 aliphatic carbocycles.